The van der Waals surface area contributed by atoms with Crippen molar-refractivity contribution in [3.8, 4) is 0 Å². The molecule has 6 nitrogen and oxygen atoms in total. The first-order chi connectivity index (χ1) is 13.9. The van der Waals surface area contributed by atoms with Gasteiger partial charge in [-0.2, -0.15) is 0 Å². The second-order valence-corrected chi connectivity index (χ2v) is 7.21. The zero-order valence-corrected chi connectivity index (χ0v) is 16.9. The van der Waals surface area contributed by atoms with Crippen molar-refractivity contribution in [1.29, 1.82) is 0 Å². The number of nitrogens with zero attached hydrogens (tertiary/aromatic N) is 1. The van der Waals surface area contributed by atoms with Gasteiger partial charge in [0.15, 0.2) is 5.76 Å². The molecule has 0 aliphatic heterocycles. The first-order valence-corrected chi connectivity index (χ1v) is 9.46. The van der Waals surface area contributed by atoms with Crippen LogP contribution in [0.15, 0.2) is 59.1 Å². The Morgan fingerprint density at radius 1 is 1.00 bits per heavy atom. The molecule has 1 heterocycles. The van der Waals surface area contributed by atoms with Crippen LogP contribution in [0.4, 0.5) is 5.69 Å². The number of carbonyl (C=O) groups excluding carboxylic acids is 2. The number of nitrogens with one attached hydrogen (secondary N) is 1. The van der Waals surface area contributed by atoms with Crippen molar-refractivity contribution in [2.45, 2.75) is 39.7 Å². The van der Waals surface area contributed by atoms with Crippen molar-refractivity contribution >= 4 is 17.6 Å². The number of hydrogen-bond acceptors (Lipinski definition) is 5. The second kappa shape index (κ2) is 8.73. The van der Waals surface area contributed by atoms with Gasteiger partial charge in [-0.3, -0.25) is 4.79 Å². The van der Waals surface area contributed by atoms with Gasteiger partial charge in [0.1, 0.15) is 5.56 Å². The van der Waals surface area contributed by atoms with E-state index in [4.69, 9.17) is 9.26 Å². The van der Waals surface area contributed by atoms with Crippen LogP contribution in [0.3, 0.4) is 0 Å². The number of aromatic nitrogens is 1. The number of amides is 1. The van der Waals surface area contributed by atoms with Crippen molar-refractivity contribution in [2.75, 3.05) is 5.32 Å². The molecule has 29 heavy (non-hydrogen) atoms. The summed E-state index contributed by atoms with van der Waals surface area (Å²) < 4.78 is 10.9. The Morgan fingerprint density at radius 2 is 1.66 bits per heavy atom. The molecule has 0 aliphatic rings. The molecule has 0 bridgehead atoms. The van der Waals surface area contributed by atoms with Crippen molar-refractivity contribution in [3.05, 3.63) is 82.7 Å². The molecule has 0 fully saturated rings. The summed E-state index contributed by atoms with van der Waals surface area (Å²) in [6, 6.07) is 16.3. The lowest BCUT2D eigenvalue weighted by atomic mass is 10.0. The largest absolute Gasteiger partial charge is 0.444 e. The normalized spacial score (nSPS) is 11.9. The Hall–Kier alpha value is -3.41. The standard InChI is InChI=1S/C23H24N2O4/c1-14(2)20-19(16(4)25-29-20)23(27)28-21(17-8-6-5-7-9-17)22(26)24-18-12-10-15(3)11-13-18/h5-14,21H,1-4H3,(H,24,26)/t21-/m1/s1. The lowest BCUT2D eigenvalue weighted by molar-refractivity contribution is -0.125. The maximum atomic E-state index is 13.0. The predicted molar refractivity (Wildman–Crippen MR) is 110 cm³/mol. The van der Waals surface area contributed by atoms with E-state index in [1.54, 1.807) is 43.3 Å². The third kappa shape index (κ3) is 4.71. The van der Waals surface area contributed by atoms with Gasteiger partial charge in [0, 0.05) is 17.2 Å². The number of rotatable bonds is 6. The van der Waals surface area contributed by atoms with Gasteiger partial charge in [-0.15, -0.1) is 0 Å². The summed E-state index contributed by atoms with van der Waals surface area (Å²) in [4.78, 5) is 25.9. The Labute approximate surface area is 169 Å². The summed E-state index contributed by atoms with van der Waals surface area (Å²) in [5.74, 6) is -0.678. The molecule has 0 spiro atoms. The van der Waals surface area contributed by atoms with E-state index in [0.717, 1.165) is 5.56 Å². The van der Waals surface area contributed by atoms with Crippen molar-refractivity contribution in [1.82, 2.24) is 5.16 Å². The lowest BCUT2D eigenvalue weighted by Crippen LogP contribution is -2.26. The van der Waals surface area contributed by atoms with E-state index in [-0.39, 0.29) is 11.5 Å². The fourth-order valence-corrected chi connectivity index (χ4v) is 2.94. The van der Waals surface area contributed by atoms with E-state index >= 15 is 0 Å². The van der Waals surface area contributed by atoms with E-state index in [9.17, 15) is 9.59 Å². The van der Waals surface area contributed by atoms with Gasteiger partial charge in [0.2, 0.25) is 6.10 Å². The average molecular weight is 392 g/mol. The van der Waals surface area contributed by atoms with E-state index < -0.39 is 18.0 Å². The van der Waals surface area contributed by atoms with Crippen LogP contribution in [-0.2, 0) is 9.53 Å². The fourth-order valence-electron chi connectivity index (χ4n) is 2.94. The highest BCUT2D eigenvalue weighted by molar-refractivity contribution is 5.98. The van der Waals surface area contributed by atoms with Crippen LogP contribution in [0.5, 0.6) is 0 Å². The van der Waals surface area contributed by atoms with Crippen LogP contribution in [0.2, 0.25) is 0 Å². The molecular weight excluding hydrogens is 368 g/mol. The monoisotopic (exact) mass is 392 g/mol. The highest BCUT2D eigenvalue weighted by atomic mass is 16.6. The molecule has 1 N–H and O–H groups in total. The molecule has 1 amide bonds. The maximum absolute atomic E-state index is 13.0. The Balaban J connectivity index is 1.88. The molecule has 0 unspecified atom stereocenters. The summed E-state index contributed by atoms with van der Waals surface area (Å²) in [6.07, 6.45) is -1.11. The first-order valence-electron chi connectivity index (χ1n) is 9.46. The topological polar surface area (TPSA) is 81.4 Å². The Kier molecular flexibility index (Phi) is 6.12. The van der Waals surface area contributed by atoms with Crippen LogP contribution in [0, 0.1) is 13.8 Å². The summed E-state index contributed by atoms with van der Waals surface area (Å²) >= 11 is 0. The molecular formula is C23H24N2O4. The van der Waals surface area contributed by atoms with E-state index in [1.807, 2.05) is 39.0 Å². The summed E-state index contributed by atoms with van der Waals surface area (Å²) in [6.45, 7) is 7.44. The number of ether oxygens (including phenoxy) is 1. The Bertz CT molecular complexity index is 991. The third-order valence-corrected chi connectivity index (χ3v) is 4.50. The number of benzene rings is 2. The van der Waals surface area contributed by atoms with E-state index in [2.05, 4.69) is 10.5 Å². The van der Waals surface area contributed by atoms with Gasteiger partial charge in [0.05, 0.1) is 5.69 Å². The van der Waals surface area contributed by atoms with Crippen molar-refractivity contribution < 1.29 is 18.8 Å². The molecule has 1 aromatic heterocycles. The molecule has 1 atom stereocenters. The summed E-state index contributed by atoms with van der Waals surface area (Å²) in [7, 11) is 0. The van der Waals surface area contributed by atoms with Gasteiger partial charge >= 0.3 is 5.97 Å². The molecule has 0 saturated heterocycles. The van der Waals surface area contributed by atoms with Crippen LogP contribution >= 0.6 is 0 Å². The van der Waals surface area contributed by atoms with E-state index in [0.29, 0.717) is 22.7 Å². The third-order valence-electron chi connectivity index (χ3n) is 4.50. The van der Waals surface area contributed by atoms with Crippen LogP contribution in [0.1, 0.15) is 58.8 Å². The van der Waals surface area contributed by atoms with Gasteiger partial charge in [-0.25, -0.2) is 4.79 Å². The molecule has 6 heteroatoms. The zero-order chi connectivity index (χ0) is 21.0. The number of carbonyl (C=O) groups is 2. The SMILES string of the molecule is Cc1ccc(NC(=O)[C@H](OC(=O)c2c(C)noc2C(C)C)c2ccccc2)cc1. The van der Waals surface area contributed by atoms with Gasteiger partial charge in [-0.1, -0.05) is 67.0 Å². The quantitative estimate of drug-likeness (QED) is 0.600. The van der Waals surface area contributed by atoms with Crippen molar-refractivity contribution in [2.24, 2.45) is 0 Å². The van der Waals surface area contributed by atoms with Crippen molar-refractivity contribution in [3.63, 3.8) is 0 Å². The zero-order valence-electron chi connectivity index (χ0n) is 16.9. The number of anilines is 1. The number of esters is 1. The minimum atomic E-state index is -1.11. The smallest absolute Gasteiger partial charge is 0.344 e. The summed E-state index contributed by atoms with van der Waals surface area (Å²) in [5, 5.41) is 6.70. The molecule has 0 aliphatic carbocycles. The first kappa shape index (κ1) is 20.3. The van der Waals surface area contributed by atoms with Gasteiger partial charge in [-0.05, 0) is 26.0 Å². The second-order valence-electron chi connectivity index (χ2n) is 7.21. The average Bonchev–Trinajstić information content (AvgIpc) is 3.10. The Morgan fingerprint density at radius 3 is 2.28 bits per heavy atom. The lowest BCUT2D eigenvalue weighted by Gasteiger charge is -2.18. The maximum Gasteiger partial charge on any atom is 0.344 e. The molecule has 150 valence electrons. The highest BCUT2D eigenvalue weighted by Gasteiger charge is 2.30. The minimum Gasteiger partial charge on any atom is -0.444 e. The molecule has 2 aromatic carbocycles. The minimum absolute atomic E-state index is 0.0460. The fraction of sp³-hybridized carbons (Fsp3) is 0.261. The number of hydrogen-bond donors (Lipinski definition) is 1. The van der Waals surface area contributed by atoms with Crippen LogP contribution < -0.4 is 5.32 Å². The highest BCUT2D eigenvalue weighted by Crippen LogP contribution is 2.27. The molecule has 0 radical (unpaired) electrons. The number of aryl methyl sites for hydroxylation is 2. The van der Waals surface area contributed by atoms with E-state index in [1.165, 1.54) is 0 Å². The summed E-state index contributed by atoms with van der Waals surface area (Å²) in [5.41, 5.74) is 2.99. The van der Waals surface area contributed by atoms with Crippen LogP contribution in [-0.4, -0.2) is 17.0 Å². The molecule has 3 rings (SSSR count). The molecule has 0 saturated carbocycles. The predicted octanol–water partition coefficient (Wildman–Crippen LogP) is 4.95. The van der Waals surface area contributed by atoms with Gasteiger partial charge in [0.25, 0.3) is 5.91 Å². The van der Waals surface area contributed by atoms with Gasteiger partial charge < -0.3 is 14.6 Å². The molecule has 3 aromatic rings. The van der Waals surface area contributed by atoms with Crippen LogP contribution in [0.25, 0.3) is 0 Å².